The number of benzene rings is 2. The molecule has 0 aliphatic rings. The third-order valence-corrected chi connectivity index (χ3v) is 4.84. The number of nitrogens with one attached hydrogen (secondary N) is 1. The zero-order valence-electron chi connectivity index (χ0n) is 20.0. The van der Waals surface area contributed by atoms with Crippen molar-refractivity contribution in [1.29, 1.82) is 0 Å². The average molecular weight is 476 g/mol. The summed E-state index contributed by atoms with van der Waals surface area (Å²) in [6.45, 7) is 8.05. The quantitative estimate of drug-likeness (QED) is 0.365. The first-order valence-electron chi connectivity index (χ1n) is 11.2. The highest BCUT2D eigenvalue weighted by molar-refractivity contribution is 5.97. The van der Waals surface area contributed by atoms with Gasteiger partial charge in [0.25, 0.3) is 0 Å². The van der Waals surface area contributed by atoms with E-state index in [1.54, 1.807) is 36.5 Å². The van der Waals surface area contributed by atoms with Crippen molar-refractivity contribution in [3.05, 3.63) is 71.7 Å². The maximum atomic E-state index is 13.2. The smallest absolute Gasteiger partial charge is 0.339 e. The van der Waals surface area contributed by atoms with E-state index in [0.717, 1.165) is 5.56 Å². The van der Waals surface area contributed by atoms with Crippen molar-refractivity contribution in [2.75, 3.05) is 11.9 Å². The predicted molar refractivity (Wildman–Crippen MR) is 131 cm³/mol. The zero-order valence-corrected chi connectivity index (χ0v) is 20.0. The van der Waals surface area contributed by atoms with Crippen LogP contribution in [0, 0.1) is 5.82 Å². The Morgan fingerprint density at radius 3 is 2.49 bits per heavy atom. The van der Waals surface area contributed by atoms with E-state index in [1.807, 2.05) is 33.8 Å². The van der Waals surface area contributed by atoms with Crippen LogP contribution in [0.4, 0.5) is 10.3 Å². The molecule has 0 atom stereocenters. The van der Waals surface area contributed by atoms with Gasteiger partial charge in [-0.05, 0) is 51.5 Å². The molecule has 4 rings (SSSR count). The zero-order chi connectivity index (χ0) is 25.0. The molecule has 180 valence electrons. The Bertz CT molecular complexity index is 1350. The number of esters is 1. The molecule has 8 nitrogen and oxygen atoms in total. The molecule has 2 aromatic carbocycles. The standard InChI is InChI=1S/C26H26FN5O3/c1-5-34-23-21-22(31-25(32-23)29-14-16-10-12-17(27)13-11-16)28-15-20(30-21)18-8-6-7-9-19(18)24(33)35-26(2,3)4/h6-13,15H,5,14H2,1-4H3,(H,28,29,31,32). The second kappa shape index (κ2) is 10.0. The van der Waals surface area contributed by atoms with Crippen LogP contribution in [-0.2, 0) is 11.3 Å². The molecule has 0 aliphatic carbocycles. The Hall–Kier alpha value is -4.14. The minimum Gasteiger partial charge on any atom is -0.476 e. The van der Waals surface area contributed by atoms with Gasteiger partial charge in [-0.15, -0.1) is 0 Å². The minimum absolute atomic E-state index is 0.267. The lowest BCUT2D eigenvalue weighted by Crippen LogP contribution is -2.24. The summed E-state index contributed by atoms with van der Waals surface area (Å²) in [6, 6.07) is 13.2. The van der Waals surface area contributed by atoms with Crippen LogP contribution in [0.25, 0.3) is 22.4 Å². The number of anilines is 1. The van der Waals surface area contributed by atoms with Gasteiger partial charge in [-0.25, -0.2) is 19.2 Å². The van der Waals surface area contributed by atoms with Gasteiger partial charge in [0, 0.05) is 12.1 Å². The molecular formula is C26H26FN5O3. The number of nitrogens with zero attached hydrogens (tertiary/aromatic N) is 4. The van der Waals surface area contributed by atoms with Crippen LogP contribution < -0.4 is 10.1 Å². The van der Waals surface area contributed by atoms with Gasteiger partial charge in [-0.2, -0.15) is 9.97 Å². The van der Waals surface area contributed by atoms with Gasteiger partial charge in [0.2, 0.25) is 11.8 Å². The highest BCUT2D eigenvalue weighted by Crippen LogP contribution is 2.28. The molecule has 35 heavy (non-hydrogen) atoms. The summed E-state index contributed by atoms with van der Waals surface area (Å²) in [4.78, 5) is 30.8. The molecule has 0 bridgehead atoms. The fourth-order valence-corrected chi connectivity index (χ4v) is 3.33. The molecule has 0 spiro atoms. The normalized spacial score (nSPS) is 11.3. The van der Waals surface area contributed by atoms with Crippen LogP contribution in [0.3, 0.4) is 0 Å². The fraction of sp³-hybridized carbons (Fsp3) is 0.269. The summed E-state index contributed by atoms with van der Waals surface area (Å²) in [7, 11) is 0. The third kappa shape index (κ3) is 5.87. The molecule has 0 fully saturated rings. The molecule has 9 heteroatoms. The van der Waals surface area contributed by atoms with Gasteiger partial charge in [-0.3, -0.25) is 0 Å². The van der Waals surface area contributed by atoms with E-state index in [0.29, 0.717) is 47.1 Å². The molecule has 1 N–H and O–H groups in total. The Morgan fingerprint density at radius 2 is 1.77 bits per heavy atom. The highest BCUT2D eigenvalue weighted by atomic mass is 19.1. The molecule has 2 heterocycles. The summed E-state index contributed by atoms with van der Waals surface area (Å²) < 4.78 is 24.4. The number of carbonyl (C=O) groups is 1. The van der Waals surface area contributed by atoms with E-state index in [2.05, 4.69) is 25.3 Å². The van der Waals surface area contributed by atoms with Gasteiger partial charge in [0.05, 0.1) is 24.1 Å². The minimum atomic E-state index is -0.632. The molecular weight excluding hydrogens is 449 g/mol. The number of fused-ring (bicyclic) bond motifs is 1. The maximum Gasteiger partial charge on any atom is 0.339 e. The molecule has 0 unspecified atom stereocenters. The van der Waals surface area contributed by atoms with Crippen molar-refractivity contribution in [3.8, 4) is 17.1 Å². The summed E-state index contributed by atoms with van der Waals surface area (Å²) in [5.41, 5.74) is 2.37. The fourth-order valence-electron chi connectivity index (χ4n) is 3.33. The number of aromatic nitrogens is 4. The predicted octanol–water partition coefficient (Wildman–Crippen LogP) is 5.19. The highest BCUT2D eigenvalue weighted by Gasteiger charge is 2.22. The van der Waals surface area contributed by atoms with E-state index in [-0.39, 0.29) is 11.7 Å². The molecule has 0 aliphatic heterocycles. The van der Waals surface area contributed by atoms with E-state index >= 15 is 0 Å². The lowest BCUT2D eigenvalue weighted by Gasteiger charge is -2.20. The van der Waals surface area contributed by atoms with Gasteiger partial charge in [-0.1, -0.05) is 30.3 Å². The largest absolute Gasteiger partial charge is 0.476 e. The van der Waals surface area contributed by atoms with Gasteiger partial charge in [0.1, 0.15) is 11.4 Å². The number of ether oxygens (including phenoxy) is 2. The molecule has 0 saturated carbocycles. The second-order valence-electron chi connectivity index (χ2n) is 8.74. The summed E-state index contributed by atoms with van der Waals surface area (Å²) in [5.74, 6) is -0.171. The van der Waals surface area contributed by atoms with Gasteiger partial charge in [0.15, 0.2) is 11.2 Å². The first kappa shape index (κ1) is 24.0. The molecule has 2 aromatic heterocycles. The summed E-state index contributed by atoms with van der Waals surface area (Å²) in [6.07, 6.45) is 1.55. The van der Waals surface area contributed by atoms with Crippen LogP contribution in [0.15, 0.2) is 54.7 Å². The molecule has 0 amide bonds. The van der Waals surface area contributed by atoms with E-state index in [1.165, 1.54) is 12.1 Å². The Kier molecular flexibility index (Phi) is 6.86. The van der Waals surface area contributed by atoms with E-state index in [9.17, 15) is 9.18 Å². The Balaban J connectivity index is 1.69. The Morgan fingerprint density at radius 1 is 1.03 bits per heavy atom. The molecule has 0 radical (unpaired) electrons. The van der Waals surface area contributed by atoms with Crippen molar-refractivity contribution < 1.29 is 18.7 Å². The molecule has 4 aromatic rings. The van der Waals surface area contributed by atoms with Crippen molar-refractivity contribution in [2.45, 2.75) is 39.8 Å². The monoisotopic (exact) mass is 475 g/mol. The Labute approximate surface area is 202 Å². The average Bonchev–Trinajstić information content (AvgIpc) is 2.82. The lowest BCUT2D eigenvalue weighted by atomic mass is 10.0. The number of halogens is 1. The number of hydrogen-bond acceptors (Lipinski definition) is 8. The van der Waals surface area contributed by atoms with Crippen molar-refractivity contribution in [1.82, 2.24) is 19.9 Å². The molecule has 0 saturated heterocycles. The number of rotatable bonds is 7. The summed E-state index contributed by atoms with van der Waals surface area (Å²) in [5, 5.41) is 3.11. The SMILES string of the molecule is CCOc1nc(NCc2ccc(F)cc2)nc2ncc(-c3ccccc3C(=O)OC(C)(C)C)nc12. The van der Waals surface area contributed by atoms with Gasteiger partial charge < -0.3 is 14.8 Å². The van der Waals surface area contributed by atoms with E-state index < -0.39 is 11.6 Å². The number of carbonyl (C=O) groups excluding carboxylic acids is 1. The van der Waals surface area contributed by atoms with Crippen molar-refractivity contribution in [2.24, 2.45) is 0 Å². The van der Waals surface area contributed by atoms with Gasteiger partial charge >= 0.3 is 5.97 Å². The first-order valence-corrected chi connectivity index (χ1v) is 11.2. The topological polar surface area (TPSA) is 99.1 Å². The van der Waals surface area contributed by atoms with Crippen LogP contribution in [0.5, 0.6) is 5.88 Å². The van der Waals surface area contributed by atoms with Crippen LogP contribution >= 0.6 is 0 Å². The lowest BCUT2D eigenvalue weighted by molar-refractivity contribution is 0.00704. The summed E-state index contributed by atoms with van der Waals surface area (Å²) >= 11 is 0. The number of hydrogen-bond donors (Lipinski definition) is 1. The van der Waals surface area contributed by atoms with Crippen molar-refractivity contribution >= 4 is 23.1 Å². The third-order valence-electron chi connectivity index (χ3n) is 4.84. The van der Waals surface area contributed by atoms with E-state index in [4.69, 9.17) is 9.47 Å². The first-order chi connectivity index (χ1) is 16.7. The maximum absolute atomic E-state index is 13.2. The second-order valence-corrected chi connectivity index (χ2v) is 8.74. The van der Waals surface area contributed by atoms with Crippen molar-refractivity contribution in [3.63, 3.8) is 0 Å². The van der Waals surface area contributed by atoms with Crippen LogP contribution in [0.2, 0.25) is 0 Å². The van der Waals surface area contributed by atoms with Crippen LogP contribution in [0.1, 0.15) is 43.6 Å². The van der Waals surface area contributed by atoms with Crippen LogP contribution in [-0.4, -0.2) is 38.1 Å².